The molecule has 0 aromatic heterocycles. The van der Waals surface area contributed by atoms with E-state index in [2.05, 4.69) is 21.1 Å². The maximum Gasteiger partial charge on any atom is 0.171 e. The molecule has 2 rings (SSSR count). The minimum absolute atomic E-state index is 0.0499. The van der Waals surface area contributed by atoms with Crippen molar-refractivity contribution >= 4 is 56.7 Å². The number of nitrogens with two attached hydrogens (primary N) is 1. The molecule has 0 unspecified atom stereocenters. The Morgan fingerprint density at radius 1 is 1.15 bits per heavy atom. The summed E-state index contributed by atoms with van der Waals surface area (Å²) in [7, 11) is 0. The smallest absolute Gasteiger partial charge is 0.171 e. The van der Waals surface area contributed by atoms with E-state index in [1.165, 1.54) is 11.8 Å². The maximum absolute atomic E-state index is 8.85. The molecule has 0 bridgehead atoms. The van der Waals surface area contributed by atoms with Crippen molar-refractivity contribution < 1.29 is 5.21 Å². The number of oxime groups is 1. The van der Waals surface area contributed by atoms with Gasteiger partial charge in [0, 0.05) is 19.8 Å². The Labute approximate surface area is 138 Å². The molecule has 0 atom stereocenters. The van der Waals surface area contributed by atoms with Crippen LogP contribution in [0.4, 0.5) is 0 Å². The largest absolute Gasteiger partial charge is 0.409 e. The first kappa shape index (κ1) is 15.5. The summed E-state index contributed by atoms with van der Waals surface area (Å²) in [6.07, 6.45) is 0. The SMILES string of the molecule is N/C(=N/O)c1cc(Br)ccc1Sc1ccc(Cl)c(Cl)c1. The topological polar surface area (TPSA) is 58.6 Å². The van der Waals surface area contributed by atoms with Gasteiger partial charge in [-0.25, -0.2) is 0 Å². The summed E-state index contributed by atoms with van der Waals surface area (Å²) in [6.45, 7) is 0. The molecule has 20 heavy (non-hydrogen) atoms. The average molecular weight is 392 g/mol. The van der Waals surface area contributed by atoms with Gasteiger partial charge in [0.2, 0.25) is 0 Å². The summed E-state index contributed by atoms with van der Waals surface area (Å²) in [5.74, 6) is 0.0499. The van der Waals surface area contributed by atoms with Gasteiger partial charge in [-0.3, -0.25) is 0 Å². The lowest BCUT2D eigenvalue weighted by molar-refractivity contribution is 0.318. The second kappa shape index (κ2) is 6.72. The molecule has 0 saturated heterocycles. The van der Waals surface area contributed by atoms with Gasteiger partial charge in [-0.15, -0.1) is 0 Å². The van der Waals surface area contributed by atoms with Gasteiger partial charge in [-0.1, -0.05) is 56.0 Å². The zero-order chi connectivity index (χ0) is 14.7. The van der Waals surface area contributed by atoms with E-state index in [9.17, 15) is 0 Å². The van der Waals surface area contributed by atoms with Crippen LogP contribution < -0.4 is 5.73 Å². The number of hydrogen-bond acceptors (Lipinski definition) is 3. The monoisotopic (exact) mass is 390 g/mol. The Bertz CT molecular complexity index is 679. The van der Waals surface area contributed by atoms with Gasteiger partial charge in [0.1, 0.15) is 0 Å². The fourth-order valence-electron chi connectivity index (χ4n) is 1.51. The Hall–Kier alpha value is -0.880. The van der Waals surface area contributed by atoms with Gasteiger partial charge < -0.3 is 10.9 Å². The van der Waals surface area contributed by atoms with Crippen LogP contribution in [0.1, 0.15) is 5.56 Å². The third-order valence-electron chi connectivity index (χ3n) is 2.44. The number of benzene rings is 2. The lowest BCUT2D eigenvalue weighted by Crippen LogP contribution is -2.14. The van der Waals surface area contributed by atoms with Crippen LogP contribution in [0.15, 0.2) is 55.8 Å². The first-order valence-electron chi connectivity index (χ1n) is 5.41. The zero-order valence-corrected chi connectivity index (χ0v) is 13.9. The molecular weight excluding hydrogens is 383 g/mol. The van der Waals surface area contributed by atoms with E-state index in [-0.39, 0.29) is 5.84 Å². The van der Waals surface area contributed by atoms with Crippen LogP contribution in [0, 0.1) is 0 Å². The van der Waals surface area contributed by atoms with Crippen molar-refractivity contribution in [1.29, 1.82) is 0 Å². The number of nitrogens with zero attached hydrogens (tertiary/aromatic N) is 1. The average Bonchev–Trinajstić information content (AvgIpc) is 2.44. The number of rotatable bonds is 3. The highest BCUT2D eigenvalue weighted by atomic mass is 79.9. The van der Waals surface area contributed by atoms with Gasteiger partial charge in [0.15, 0.2) is 5.84 Å². The lowest BCUT2D eigenvalue weighted by atomic mass is 10.2. The van der Waals surface area contributed by atoms with Crippen molar-refractivity contribution in [1.82, 2.24) is 0 Å². The van der Waals surface area contributed by atoms with Crippen LogP contribution in [0.2, 0.25) is 10.0 Å². The van der Waals surface area contributed by atoms with E-state index in [1.54, 1.807) is 18.2 Å². The predicted molar refractivity (Wildman–Crippen MR) is 87.2 cm³/mol. The van der Waals surface area contributed by atoms with Crippen LogP contribution in [-0.2, 0) is 0 Å². The van der Waals surface area contributed by atoms with Crippen molar-refractivity contribution in [2.45, 2.75) is 9.79 Å². The van der Waals surface area contributed by atoms with E-state index < -0.39 is 0 Å². The number of amidine groups is 1. The standard InChI is InChI=1S/C13H9BrCl2N2OS/c14-7-1-4-12(9(5-7)13(17)18-19)20-8-2-3-10(15)11(16)6-8/h1-6,19H,(H2,17,18). The van der Waals surface area contributed by atoms with E-state index in [1.807, 2.05) is 18.2 Å². The van der Waals surface area contributed by atoms with Crippen LogP contribution in [0.25, 0.3) is 0 Å². The highest BCUT2D eigenvalue weighted by Crippen LogP contribution is 2.35. The van der Waals surface area contributed by atoms with Gasteiger partial charge in [-0.2, -0.15) is 0 Å². The van der Waals surface area contributed by atoms with Crippen LogP contribution in [0.5, 0.6) is 0 Å². The first-order valence-corrected chi connectivity index (χ1v) is 7.78. The molecular formula is C13H9BrCl2N2OS. The molecule has 104 valence electrons. The van der Waals surface area contributed by atoms with Crippen molar-refractivity contribution in [3.8, 4) is 0 Å². The minimum atomic E-state index is 0.0499. The molecule has 0 aliphatic carbocycles. The molecule has 0 amide bonds. The summed E-state index contributed by atoms with van der Waals surface area (Å²) in [5, 5.41) is 12.9. The third kappa shape index (κ3) is 3.61. The highest BCUT2D eigenvalue weighted by Gasteiger charge is 2.10. The van der Waals surface area contributed by atoms with E-state index >= 15 is 0 Å². The first-order chi connectivity index (χ1) is 9.51. The fraction of sp³-hybridized carbons (Fsp3) is 0. The Balaban J connectivity index is 2.40. The summed E-state index contributed by atoms with van der Waals surface area (Å²) in [5.41, 5.74) is 6.33. The van der Waals surface area contributed by atoms with Crippen LogP contribution in [-0.4, -0.2) is 11.0 Å². The summed E-state index contributed by atoms with van der Waals surface area (Å²) in [6, 6.07) is 10.9. The summed E-state index contributed by atoms with van der Waals surface area (Å²) in [4.78, 5) is 1.76. The lowest BCUT2D eigenvalue weighted by Gasteiger charge is -2.09. The number of hydrogen-bond donors (Lipinski definition) is 2. The van der Waals surface area contributed by atoms with Gasteiger partial charge in [-0.05, 0) is 36.4 Å². The molecule has 7 heteroatoms. The van der Waals surface area contributed by atoms with E-state index in [0.29, 0.717) is 15.6 Å². The maximum atomic E-state index is 8.85. The molecule has 0 radical (unpaired) electrons. The van der Waals surface area contributed by atoms with Gasteiger partial charge in [0.05, 0.1) is 10.0 Å². The second-order valence-electron chi connectivity index (χ2n) is 3.80. The Kier molecular flexibility index (Phi) is 5.21. The third-order valence-corrected chi connectivity index (χ3v) is 4.74. The molecule has 3 nitrogen and oxygen atoms in total. The van der Waals surface area contributed by atoms with Crippen LogP contribution >= 0.6 is 50.9 Å². The van der Waals surface area contributed by atoms with Gasteiger partial charge >= 0.3 is 0 Å². The normalized spacial score (nSPS) is 11.7. The van der Waals surface area contributed by atoms with Crippen molar-refractivity contribution in [2.24, 2.45) is 10.9 Å². The fourth-order valence-corrected chi connectivity index (χ4v) is 3.21. The highest BCUT2D eigenvalue weighted by molar-refractivity contribution is 9.10. The van der Waals surface area contributed by atoms with Crippen molar-refractivity contribution in [3.05, 3.63) is 56.5 Å². The predicted octanol–water partition coefficient (Wildman–Crippen LogP) is 5.00. The molecule has 0 spiro atoms. The minimum Gasteiger partial charge on any atom is -0.409 e. The Morgan fingerprint density at radius 3 is 2.55 bits per heavy atom. The number of halogens is 3. The molecule has 0 aliphatic heterocycles. The second-order valence-corrected chi connectivity index (χ2v) is 6.65. The molecule has 0 heterocycles. The van der Waals surface area contributed by atoms with E-state index in [4.69, 9.17) is 34.1 Å². The molecule has 0 fully saturated rings. The van der Waals surface area contributed by atoms with E-state index in [0.717, 1.165) is 14.3 Å². The molecule has 2 aromatic rings. The van der Waals surface area contributed by atoms with Crippen molar-refractivity contribution in [2.75, 3.05) is 0 Å². The zero-order valence-electron chi connectivity index (χ0n) is 9.98. The van der Waals surface area contributed by atoms with Gasteiger partial charge in [0.25, 0.3) is 0 Å². The summed E-state index contributed by atoms with van der Waals surface area (Å²) >= 11 is 16.7. The summed E-state index contributed by atoms with van der Waals surface area (Å²) < 4.78 is 0.845. The van der Waals surface area contributed by atoms with Crippen LogP contribution in [0.3, 0.4) is 0 Å². The quantitative estimate of drug-likeness (QED) is 0.335. The molecule has 0 saturated carbocycles. The molecule has 3 N–H and O–H groups in total. The Morgan fingerprint density at radius 2 is 1.90 bits per heavy atom. The molecule has 2 aromatic carbocycles. The molecule has 0 aliphatic rings. The van der Waals surface area contributed by atoms with Crippen molar-refractivity contribution in [3.63, 3.8) is 0 Å².